The van der Waals surface area contributed by atoms with Crippen molar-refractivity contribution in [2.75, 3.05) is 6.61 Å². The molecule has 3 atom stereocenters. The highest BCUT2D eigenvalue weighted by molar-refractivity contribution is 6.16. The van der Waals surface area contributed by atoms with E-state index in [-0.39, 0.29) is 41.0 Å². The van der Waals surface area contributed by atoms with Crippen molar-refractivity contribution in [1.29, 1.82) is 5.41 Å². The van der Waals surface area contributed by atoms with Crippen molar-refractivity contribution in [3.05, 3.63) is 63.3 Å². The van der Waals surface area contributed by atoms with E-state index in [1.807, 2.05) is 6.08 Å². The zero-order valence-corrected chi connectivity index (χ0v) is 20.6. The number of aliphatic hydroxyl groups is 1. The Kier molecular flexibility index (Phi) is 7.15. The lowest BCUT2D eigenvalue weighted by molar-refractivity contribution is 0.0522. The quantitative estimate of drug-likeness (QED) is 0.529. The zero-order valence-electron chi connectivity index (χ0n) is 20.6. The van der Waals surface area contributed by atoms with E-state index in [4.69, 9.17) is 10.1 Å². The molecule has 2 unspecified atom stereocenters. The van der Waals surface area contributed by atoms with Crippen LogP contribution >= 0.6 is 0 Å². The summed E-state index contributed by atoms with van der Waals surface area (Å²) in [6.45, 7) is 12.7. The fourth-order valence-electron chi connectivity index (χ4n) is 5.31. The van der Waals surface area contributed by atoms with Crippen molar-refractivity contribution in [2.45, 2.75) is 66.8 Å². The van der Waals surface area contributed by atoms with Crippen LogP contribution in [0.3, 0.4) is 0 Å². The molecule has 3 rings (SSSR count). The van der Waals surface area contributed by atoms with Crippen LogP contribution in [0, 0.1) is 22.7 Å². The molecule has 0 radical (unpaired) electrons. The molecule has 1 aromatic rings. The van der Waals surface area contributed by atoms with Crippen molar-refractivity contribution in [3.8, 4) is 0 Å². The number of ether oxygens (including phenoxy) is 1. The van der Waals surface area contributed by atoms with Crippen LogP contribution in [0.25, 0.3) is 5.57 Å². The van der Waals surface area contributed by atoms with Gasteiger partial charge in [-0.25, -0.2) is 4.79 Å². The summed E-state index contributed by atoms with van der Waals surface area (Å²) in [4.78, 5) is 25.8. The van der Waals surface area contributed by atoms with Crippen molar-refractivity contribution in [3.63, 3.8) is 0 Å². The number of aromatic nitrogens is 1. The Morgan fingerprint density at radius 3 is 2.64 bits per heavy atom. The van der Waals surface area contributed by atoms with E-state index in [0.29, 0.717) is 17.2 Å². The van der Waals surface area contributed by atoms with Gasteiger partial charge in [-0.1, -0.05) is 46.8 Å². The second kappa shape index (κ2) is 9.54. The van der Waals surface area contributed by atoms with Gasteiger partial charge in [0, 0.05) is 29.6 Å². The first-order valence-electron chi connectivity index (χ1n) is 11.9. The summed E-state index contributed by atoms with van der Waals surface area (Å²) in [6.07, 6.45) is 9.59. The second-order valence-corrected chi connectivity index (χ2v) is 9.94. The minimum Gasteiger partial charge on any atom is -0.506 e. The molecule has 0 saturated heterocycles. The van der Waals surface area contributed by atoms with Crippen LogP contribution in [0.1, 0.15) is 82.9 Å². The first-order chi connectivity index (χ1) is 15.5. The summed E-state index contributed by atoms with van der Waals surface area (Å²) in [7, 11) is 0. The Labute approximate surface area is 196 Å². The fraction of sp³-hybridized carbons (Fsp3) is 0.519. The summed E-state index contributed by atoms with van der Waals surface area (Å²) in [5, 5.41) is 18.8. The Balaban J connectivity index is 2.38. The van der Waals surface area contributed by atoms with Gasteiger partial charge in [-0.3, -0.25) is 10.2 Å². The molecule has 0 aliphatic heterocycles. The molecular formula is C27H36N2O4. The molecule has 178 valence electrons. The maximum atomic E-state index is 13.1. The van der Waals surface area contributed by atoms with Crippen LogP contribution in [-0.2, 0) is 4.74 Å². The average molecular weight is 453 g/mol. The van der Waals surface area contributed by atoms with Crippen molar-refractivity contribution < 1.29 is 14.6 Å². The van der Waals surface area contributed by atoms with Crippen LogP contribution in [-0.4, -0.2) is 28.0 Å². The smallest absolute Gasteiger partial charge is 0.343 e. The molecule has 0 bridgehead atoms. The molecule has 1 saturated carbocycles. The molecule has 2 aliphatic rings. The van der Waals surface area contributed by atoms with Crippen LogP contribution in [0.15, 0.2) is 46.6 Å². The van der Waals surface area contributed by atoms with Gasteiger partial charge in [-0.2, -0.15) is 0 Å². The Bertz CT molecular complexity index is 1100. The normalized spacial score (nSPS) is 24.4. The predicted octanol–water partition coefficient (Wildman–Crippen LogP) is 5.85. The third-order valence-electron chi connectivity index (χ3n) is 7.17. The van der Waals surface area contributed by atoms with E-state index < -0.39 is 11.4 Å². The molecule has 1 fully saturated rings. The highest BCUT2D eigenvalue weighted by atomic mass is 16.5. The largest absolute Gasteiger partial charge is 0.506 e. The van der Waals surface area contributed by atoms with Gasteiger partial charge in [-0.05, 0) is 55.1 Å². The minimum absolute atomic E-state index is 0.0230. The molecule has 6 heteroatoms. The number of nitrogens with zero attached hydrogens (tertiary/aromatic N) is 1. The van der Waals surface area contributed by atoms with Crippen molar-refractivity contribution >= 4 is 17.3 Å². The van der Waals surface area contributed by atoms with Crippen molar-refractivity contribution in [2.24, 2.45) is 17.3 Å². The summed E-state index contributed by atoms with van der Waals surface area (Å²) in [5.74, 6) is -0.348. The molecule has 1 heterocycles. The molecule has 0 aromatic carbocycles. The fourth-order valence-corrected chi connectivity index (χ4v) is 5.31. The number of aliphatic hydroxyl groups excluding tert-OH is 1. The lowest BCUT2D eigenvalue weighted by Crippen LogP contribution is -2.31. The molecule has 33 heavy (non-hydrogen) atoms. The van der Waals surface area contributed by atoms with Crippen molar-refractivity contribution in [1.82, 2.24) is 4.57 Å². The number of carbonyl (C=O) groups is 1. The molecule has 0 amide bonds. The summed E-state index contributed by atoms with van der Waals surface area (Å²) in [5.41, 5.74) is 1.77. The van der Waals surface area contributed by atoms with Gasteiger partial charge in [0.05, 0.1) is 6.61 Å². The lowest BCUT2D eigenvalue weighted by atomic mass is 9.82. The van der Waals surface area contributed by atoms with Gasteiger partial charge in [0.1, 0.15) is 17.0 Å². The maximum Gasteiger partial charge on any atom is 0.343 e. The SMILES string of the molecule is CCOC(=O)c1cn(C2C(C)CCC2(C)C)c(/C(=C2\C=CC=C(O)C2=N)[C@H](C)CC)cc1=O. The first-order valence-corrected chi connectivity index (χ1v) is 11.9. The van der Waals surface area contributed by atoms with E-state index in [9.17, 15) is 14.7 Å². The summed E-state index contributed by atoms with van der Waals surface area (Å²) in [6, 6.07) is 1.59. The average Bonchev–Trinajstić information content (AvgIpc) is 3.03. The Morgan fingerprint density at radius 1 is 1.36 bits per heavy atom. The molecular weight excluding hydrogens is 416 g/mol. The topological polar surface area (TPSA) is 92.4 Å². The maximum absolute atomic E-state index is 13.1. The highest BCUT2D eigenvalue weighted by Crippen LogP contribution is 2.50. The minimum atomic E-state index is -0.616. The van der Waals surface area contributed by atoms with Crippen LogP contribution < -0.4 is 5.43 Å². The third-order valence-corrected chi connectivity index (χ3v) is 7.17. The Hall–Kier alpha value is -2.89. The van der Waals surface area contributed by atoms with E-state index in [2.05, 4.69) is 39.2 Å². The number of allylic oxidation sites excluding steroid dienone is 5. The van der Waals surface area contributed by atoms with Crippen LogP contribution in [0.5, 0.6) is 0 Å². The predicted molar refractivity (Wildman–Crippen MR) is 132 cm³/mol. The van der Waals surface area contributed by atoms with E-state index in [1.54, 1.807) is 19.2 Å². The van der Waals surface area contributed by atoms with Gasteiger partial charge in [-0.15, -0.1) is 0 Å². The second-order valence-electron chi connectivity index (χ2n) is 9.94. The Morgan fingerprint density at radius 2 is 2.06 bits per heavy atom. The van der Waals surface area contributed by atoms with E-state index in [0.717, 1.165) is 24.8 Å². The number of pyridine rings is 1. The van der Waals surface area contributed by atoms with Gasteiger partial charge >= 0.3 is 5.97 Å². The molecule has 0 spiro atoms. The number of carbonyl (C=O) groups excluding carboxylic acids is 1. The molecule has 2 aliphatic carbocycles. The first kappa shape index (κ1) is 24.7. The van der Waals surface area contributed by atoms with Crippen LogP contribution in [0.2, 0.25) is 0 Å². The number of nitrogens with one attached hydrogen (secondary N) is 1. The van der Waals surface area contributed by atoms with E-state index in [1.165, 1.54) is 12.1 Å². The molecule has 1 aromatic heterocycles. The monoisotopic (exact) mass is 452 g/mol. The van der Waals surface area contributed by atoms with Gasteiger partial charge in [0.2, 0.25) is 0 Å². The van der Waals surface area contributed by atoms with Gasteiger partial charge in [0.25, 0.3) is 0 Å². The lowest BCUT2D eigenvalue weighted by Gasteiger charge is -2.36. The van der Waals surface area contributed by atoms with Gasteiger partial charge < -0.3 is 14.4 Å². The zero-order chi connectivity index (χ0) is 24.5. The highest BCUT2D eigenvalue weighted by Gasteiger charge is 2.42. The van der Waals surface area contributed by atoms with E-state index >= 15 is 0 Å². The standard InChI is InChI=1S/C27H36N2O4/c1-7-16(3)23(18-10-9-11-21(30)24(18)28)20-14-22(31)19(26(32)33-8-2)15-29(20)25-17(4)12-13-27(25,5)6/h9-11,14-17,25,28,30H,7-8,12-13H2,1-6H3/b23-18+,28-24?/t16-,17?,25?/m1/s1. The summed E-state index contributed by atoms with van der Waals surface area (Å²) < 4.78 is 7.25. The molecule has 6 nitrogen and oxygen atoms in total. The number of hydrogen-bond acceptors (Lipinski definition) is 5. The van der Waals surface area contributed by atoms with Gasteiger partial charge in [0.15, 0.2) is 5.43 Å². The van der Waals surface area contributed by atoms with Crippen LogP contribution in [0.4, 0.5) is 0 Å². The molecule has 2 N–H and O–H groups in total. The number of rotatable bonds is 6. The number of hydrogen-bond donors (Lipinski definition) is 2. The summed E-state index contributed by atoms with van der Waals surface area (Å²) >= 11 is 0. The number of esters is 1. The third kappa shape index (κ3) is 4.61.